The molecular formula is C13H18N2O3. The Labute approximate surface area is 106 Å². The summed E-state index contributed by atoms with van der Waals surface area (Å²) < 4.78 is 0. The van der Waals surface area contributed by atoms with Gasteiger partial charge in [-0.2, -0.15) is 0 Å². The number of benzene rings is 1. The fourth-order valence-electron chi connectivity index (χ4n) is 2.26. The zero-order valence-electron chi connectivity index (χ0n) is 10.1. The third kappa shape index (κ3) is 2.69. The van der Waals surface area contributed by atoms with Gasteiger partial charge in [-0.15, -0.1) is 0 Å². The van der Waals surface area contributed by atoms with Crippen LogP contribution in [0.1, 0.15) is 12.0 Å². The molecule has 2 atom stereocenters. The van der Waals surface area contributed by atoms with Crippen molar-refractivity contribution in [3.05, 3.63) is 35.9 Å². The predicted octanol–water partition coefficient (Wildman–Crippen LogP) is -0.0897. The lowest BCUT2D eigenvalue weighted by Crippen LogP contribution is -2.52. The SMILES string of the molecule is O=C(O)C(O)(CC1CNCCN1)c1ccccc1. The Morgan fingerprint density at radius 2 is 2.06 bits per heavy atom. The van der Waals surface area contributed by atoms with Crippen LogP contribution in [0.3, 0.4) is 0 Å². The van der Waals surface area contributed by atoms with Crippen LogP contribution in [0.4, 0.5) is 0 Å². The molecule has 0 amide bonds. The van der Waals surface area contributed by atoms with Crippen LogP contribution in [0.25, 0.3) is 0 Å². The minimum Gasteiger partial charge on any atom is -0.479 e. The highest BCUT2D eigenvalue weighted by Crippen LogP contribution is 2.27. The van der Waals surface area contributed by atoms with Gasteiger partial charge in [0, 0.05) is 32.1 Å². The number of piperazine rings is 1. The summed E-state index contributed by atoms with van der Waals surface area (Å²) in [7, 11) is 0. The number of aliphatic carboxylic acids is 1. The van der Waals surface area contributed by atoms with Crippen LogP contribution < -0.4 is 10.6 Å². The molecule has 18 heavy (non-hydrogen) atoms. The van der Waals surface area contributed by atoms with E-state index in [-0.39, 0.29) is 12.5 Å². The van der Waals surface area contributed by atoms with Crippen LogP contribution in [-0.4, -0.2) is 41.9 Å². The van der Waals surface area contributed by atoms with Crippen LogP contribution in [0.15, 0.2) is 30.3 Å². The molecule has 0 saturated carbocycles. The number of hydrogen-bond donors (Lipinski definition) is 4. The monoisotopic (exact) mass is 250 g/mol. The number of rotatable bonds is 4. The van der Waals surface area contributed by atoms with E-state index < -0.39 is 11.6 Å². The predicted molar refractivity (Wildman–Crippen MR) is 67.3 cm³/mol. The van der Waals surface area contributed by atoms with Crippen molar-refractivity contribution < 1.29 is 15.0 Å². The molecule has 5 heteroatoms. The smallest absolute Gasteiger partial charge is 0.340 e. The first-order valence-electron chi connectivity index (χ1n) is 6.08. The lowest BCUT2D eigenvalue weighted by molar-refractivity contribution is -0.161. The summed E-state index contributed by atoms with van der Waals surface area (Å²) in [6.45, 7) is 2.32. The molecule has 0 spiro atoms. The van der Waals surface area contributed by atoms with Gasteiger partial charge in [0.2, 0.25) is 0 Å². The number of carboxylic acid groups (broad SMARTS) is 1. The molecule has 1 saturated heterocycles. The minimum absolute atomic E-state index is 0.0416. The first-order valence-corrected chi connectivity index (χ1v) is 6.08. The maximum Gasteiger partial charge on any atom is 0.340 e. The maximum atomic E-state index is 11.4. The number of aliphatic hydroxyl groups is 1. The molecule has 1 aromatic carbocycles. The van der Waals surface area contributed by atoms with Crippen molar-refractivity contribution in [1.29, 1.82) is 0 Å². The van der Waals surface area contributed by atoms with E-state index in [4.69, 9.17) is 0 Å². The highest BCUT2D eigenvalue weighted by atomic mass is 16.4. The van der Waals surface area contributed by atoms with Crippen molar-refractivity contribution in [3.8, 4) is 0 Å². The van der Waals surface area contributed by atoms with Crippen LogP contribution >= 0.6 is 0 Å². The van der Waals surface area contributed by atoms with E-state index in [1.165, 1.54) is 0 Å². The molecule has 98 valence electrons. The summed E-state index contributed by atoms with van der Waals surface area (Å²) in [6, 6.07) is 8.51. The van der Waals surface area contributed by atoms with Gasteiger partial charge in [-0.3, -0.25) is 0 Å². The summed E-state index contributed by atoms with van der Waals surface area (Å²) in [4.78, 5) is 11.4. The first kappa shape index (κ1) is 13.0. The van der Waals surface area contributed by atoms with Crippen LogP contribution in [0.5, 0.6) is 0 Å². The van der Waals surface area contributed by atoms with Crippen molar-refractivity contribution in [2.75, 3.05) is 19.6 Å². The summed E-state index contributed by atoms with van der Waals surface area (Å²) >= 11 is 0. The Bertz CT molecular complexity index is 404. The average molecular weight is 250 g/mol. The van der Waals surface area contributed by atoms with Gasteiger partial charge in [0.1, 0.15) is 0 Å². The highest BCUT2D eigenvalue weighted by molar-refractivity contribution is 5.79. The number of nitrogens with one attached hydrogen (secondary N) is 2. The Morgan fingerprint density at radius 3 is 2.61 bits per heavy atom. The third-order valence-electron chi connectivity index (χ3n) is 3.27. The van der Waals surface area contributed by atoms with Gasteiger partial charge in [0.05, 0.1) is 0 Å². The number of carbonyl (C=O) groups is 1. The van der Waals surface area contributed by atoms with Crippen LogP contribution in [-0.2, 0) is 10.4 Å². The Hall–Kier alpha value is -1.43. The molecule has 2 unspecified atom stereocenters. The molecule has 4 N–H and O–H groups in total. The maximum absolute atomic E-state index is 11.4. The van der Waals surface area contributed by atoms with Gasteiger partial charge in [0.25, 0.3) is 0 Å². The van der Waals surface area contributed by atoms with Crippen molar-refractivity contribution >= 4 is 5.97 Å². The van der Waals surface area contributed by atoms with E-state index in [0.29, 0.717) is 12.1 Å². The molecule has 0 bridgehead atoms. The quantitative estimate of drug-likeness (QED) is 0.600. The fourth-order valence-corrected chi connectivity index (χ4v) is 2.26. The van der Waals surface area contributed by atoms with Gasteiger partial charge >= 0.3 is 5.97 Å². The lowest BCUT2D eigenvalue weighted by Gasteiger charge is -2.32. The fraction of sp³-hybridized carbons (Fsp3) is 0.462. The normalized spacial score (nSPS) is 23.3. The second kappa shape index (κ2) is 5.48. The Kier molecular flexibility index (Phi) is 3.96. The summed E-state index contributed by atoms with van der Waals surface area (Å²) in [5, 5.41) is 26.2. The van der Waals surface area contributed by atoms with Gasteiger partial charge in [-0.25, -0.2) is 4.79 Å². The summed E-state index contributed by atoms with van der Waals surface area (Å²) in [5.74, 6) is -1.21. The first-order chi connectivity index (χ1) is 8.63. The van der Waals surface area contributed by atoms with Gasteiger partial charge in [-0.1, -0.05) is 30.3 Å². The van der Waals surface area contributed by atoms with Crippen molar-refractivity contribution in [2.45, 2.75) is 18.1 Å². The second-order valence-corrected chi connectivity index (χ2v) is 4.59. The standard InChI is InChI=1S/C13H18N2O3/c16-12(17)13(18,10-4-2-1-3-5-10)8-11-9-14-6-7-15-11/h1-5,11,14-15,18H,6-9H2,(H,16,17). The lowest BCUT2D eigenvalue weighted by atomic mass is 9.87. The molecule has 1 aliphatic heterocycles. The Morgan fingerprint density at radius 1 is 1.33 bits per heavy atom. The highest BCUT2D eigenvalue weighted by Gasteiger charge is 2.40. The molecule has 1 aromatic rings. The van der Waals surface area contributed by atoms with E-state index in [9.17, 15) is 15.0 Å². The third-order valence-corrected chi connectivity index (χ3v) is 3.27. The molecule has 0 aromatic heterocycles. The minimum atomic E-state index is -1.84. The van der Waals surface area contributed by atoms with Crippen molar-refractivity contribution in [2.24, 2.45) is 0 Å². The summed E-state index contributed by atoms with van der Waals surface area (Å²) in [6.07, 6.45) is 0.152. The van der Waals surface area contributed by atoms with Crippen molar-refractivity contribution in [1.82, 2.24) is 10.6 Å². The number of carboxylic acids is 1. The number of hydrogen-bond acceptors (Lipinski definition) is 4. The van der Waals surface area contributed by atoms with E-state index >= 15 is 0 Å². The zero-order valence-corrected chi connectivity index (χ0v) is 10.1. The molecule has 1 fully saturated rings. The Balaban J connectivity index is 2.19. The topological polar surface area (TPSA) is 81.6 Å². The van der Waals surface area contributed by atoms with Gasteiger partial charge < -0.3 is 20.8 Å². The van der Waals surface area contributed by atoms with E-state index in [2.05, 4.69) is 10.6 Å². The van der Waals surface area contributed by atoms with Gasteiger partial charge in [-0.05, 0) is 5.56 Å². The molecular weight excluding hydrogens is 232 g/mol. The molecule has 1 aliphatic rings. The molecule has 0 aliphatic carbocycles. The van der Waals surface area contributed by atoms with Crippen molar-refractivity contribution in [3.63, 3.8) is 0 Å². The molecule has 5 nitrogen and oxygen atoms in total. The molecule has 1 heterocycles. The van der Waals surface area contributed by atoms with Gasteiger partial charge in [0.15, 0.2) is 5.60 Å². The molecule has 2 rings (SSSR count). The van der Waals surface area contributed by atoms with E-state index in [0.717, 1.165) is 13.1 Å². The van der Waals surface area contributed by atoms with Crippen LogP contribution in [0, 0.1) is 0 Å². The largest absolute Gasteiger partial charge is 0.479 e. The second-order valence-electron chi connectivity index (χ2n) is 4.59. The average Bonchev–Trinajstić information content (AvgIpc) is 2.40. The zero-order chi connectivity index (χ0) is 13.0. The van der Waals surface area contributed by atoms with Crippen LogP contribution in [0.2, 0.25) is 0 Å². The molecule has 0 radical (unpaired) electrons. The van der Waals surface area contributed by atoms with E-state index in [1.54, 1.807) is 30.3 Å². The summed E-state index contributed by atoms with van der Waals surface area (Å²) in [5.41, 5.74) is -1.41. The van der Waals surface area contributed by atoms with E-state index in [1.807, 2.05) is 0 Å².